The average Bonchev–Trinajstić information content (AvgIpc) is 2.76. The Hall–Kier alpha value is -1.65. The van der Waals surface area contributed by atoms with Crippen LogP contribution in [0.25, 0.3) is 0 Å². The summed E-state index contributed by atoms with van der Waals surface area (Å²) in [6.07, 6.45) is -2.51. The molecule has 222 valence electrons. The molecule has 0 rings (SSSR count). The summed E-state index contributed by atoms with van der Waals surface area (Å²) in [6, 6.07) is 0. The molecule has 0 spiro atoms. The van der Waals surface area contributed by atoms with E-state index in [1.807, 2.05) is 6.92 Å². The molecule has 0 aromatic heterocycles. The Balaban J connectivity index is 5.63. The lowest BCUT2D eigenvalue weighted by Crippen LogP contribution is -2.74. The van der Waals surface area contributed by atoms with Crippen LogP contribution in [0.4, 0.5) is 70.2 Å². The fraction of sp³-hybridized carbons (Fsp3) is 0.947. The molecular weight excluding hydrogens is 564 g/mol. The molecule has 0 atom stereocenters. The first-order valence-electron chi connectivity index (χ1n) is 10.5. The lowest BCUT2D eigenvalue weighted by Gasteiger charge is -2.42. The van der Waals surface area contributed by atoms with Gasteiger partial charge in [0, 0.05) is 6.42 Å². The second-order valence-corrected chi connectivity index (χ2v) is 8.03. The van der Waals surface area contributed by atoms with E-state index in [4.69, 9.17) is 0 Å². The van der Waals surface area contributed by atoms with Crippen molar-refractivity contribution in [2.24, 2.45) is 0 Å². The van der Waals surface area contributed by atoms with Gasteiger partial charge >= 0.3 is 53.9 Å². The highest BCUT2D eigenvalue weighted by Crippen LogP contribution is 2.62. The van der Waals surface area contributed by atoms with E-state index in [0.29, 0.717) is 19.3 Å². The molecule has 0 radical (unpaired) electrons. The predicted octanol–water partition coefficient (Wildman–Crippen LogP) is 8.38. The SMILES string of the molecule is CCCCCCCCCC(=O)OCC(F)(F)C(F)(F)C(F)(F)C(F)(F)C(F)(F)C(F)(F)C(F)(F)C(F)F. The number of unbranched alkanes of at least 4 members (excludes halogenated alkanes) is 6. The summed E-state index contributed by atoms with van der Waals surface area (Å²) in [5.41, 5.74) is 0. The van der Waals surface area contributed by atoms with Crippen molar-refractivity contribution >= 4 is 5.97 Å². The van der Waals surface area contributed by atoms with E-state index in [-0.39, 0.29) is 6.42 Å². The van der Waals surface area contributed by atoms with Crippen LogP contribution in [0.1, 0.15) is 58.3 Å². The predicted molar refractivity (Wildman–Crippen MR) is 94.2 cm³/mol. The number of hydrogen-bond acceptors (Lipinski definition) is 2. The van der Waals surface area contributed by atoms with Crippen LogP contribution in [0.3, 0.4) is 0 Å². The van der Waals surface area contributed by atoms with Gasteiger partial charge in [-0.3, -0.25) is 4.79 Å². The number of ether oxygens (including phenoxy) is 1. The maximum Gasteiger partial charge on any atom is 0.385 e. The van der Waals surface area contributed by atoms with Gasteiger partial charge in [-0.15, -0.1) is 0 Å². The van der Waals surface area contributed by atoms with Crippen LogP contribution in [-0.4, -0.2) is 60.5 Å². The largest absolute Gasteiger partial charge is 0.459 e. The minimum atomic E-state index is -8.46. The van der Waals surface area contributed by atoms with Crippen molar-refractivity contribution in [1.29, 1.82) is 0 Å². The number of rotatable bonds is 17. The van der Waals surface area contributed by atoms with Crippen LogP contribution >= 0.6 is 0 Å². The molecule has 0 aromatic carbocycles. The van der Waals surface area contributed by atoms with Crippen molar-refractivity contribution in [1.82, 2.24) is 0 Å². The highest BCUT2D eigenvalue weighted by molar-refractivity contribution is 5.69. The molecular formula is C19H22F16O2. The molecule has 18 heteroatoms. The lowest BCUT2D eigenvalue weighted by atomic mass is 9.89. The summed E-state index contributed by atoms with van der Waals surface area (Å²) in [6.45, 7) is -1.21. The van der Waals surface area contributed by atoms with Crippen LogP contribution < -0.4 is 0 Å². The number of hydrogen-bond donors (Lipinski definition) is 0. The number of alkyl halides is 16. The van der Waals surface area contributed by atoms with Gasteiger partial charge in [0.05, 0.1) is 0 Å². The van der Waals surface area contributed by atoms with Gasteiger partial charge in [-0.2, -0.15) is 61.5 Å². The highest BCUT2D eigenvalue weighted by atomic mass is 19.4. The molecule has 0 saturated heterocycles. The summed E-state index contributed by atoms with van der Waals surface area (Å²) in [7, 11) is 0. The molecule has 0 N–H and O–H groups in total. The number of esters is 1. The first kappa shape index (κ1) is 35.4. The second kappa shape index (κ2) is 12.0. The lowest BCUT2D eigenvalue weighted by molar-refractivity contribution is -0.447. The van der Waals surface area contributed by atoms with Crippen LogP contribution in [0.15, 0.2) is 0 Å². The van der Waals surface area contributed by atoms with E-state index in [1.165, 1.54) is 0 Å². The molecule has 0 amide bonds. The maximum absolute atomic E-state index is 13.7. The van der Waals surface area contributed by atoms with Gasteiger partial charge in [0.15, 0.2) is 6.61 Å². The summed E-state index contributed by atoms with van der Waals surface area (Å²) < 4.78 is 215. The van der Waals surface area contributed by atoms with Crippen molar-refractivity contribution in [3.63, 3.8) is 0 Å². The van der Waals surface area contributed by atoms with E-state index in [9.17, 15) is 75.0 Å². The van der Waals surface area contributed by atoms with Crippen LogP contribution in [0.5, 0.6) is 0 Å². The van der Waals surface area contributed by atoms with Crippen molar-refractivity contribution in [3.05, 3.63) is 0 Å². The monoisotopic (exact) mass is 586 g/mol. The van der Waals surface area contributed by atoms with Crippen molar-refractivity contribution < 1.29 is 79.8 Å². The number of carbonyl (C=O) groups excluding carboxylic acids is 1. The average molecular weight is 586 g/mol. The standard InChI is InChI=1S/C19H22F16O2/c1-2-3-4-5-6-7-8-9-11(36)37-10-13(22,23)15(26,27)17(30,31)19(34,35)18(32,33)16(28,29)14(24,25)12(20)21/h12H,2-10H2,1H3. The molecule has 2 nitrogen and oxygen atoms in total. The molecule has 0 heterocycles. The van der Waals surface area contributed by atoms with Gasteiger partial charge in [0.25, 0.3) is 0 Å². The van der Waals surface area contributed by atoms with E-state index in [2.05, 4.69) is 4.74 Å². The highest BCUT2D eigenvalue weighted by Gasteiger charge is 2.93. The molecule has 0 saturated carbocycles. The van der Waals surface area contributed by atoms with Crippen LogP contribution in [-0.2, 0) is 9.53 Å². The van der Waals surface area contributed by atoms with Crippen molar-refractivity contribution in [3.8, 4) is 0 Å². The Labute approximate surface area is 199 Å². The molecule has 0 unspecified atom stereocenters. The van der Waals surface area contributed by atoms with Crippen molar-refractivity contribution in [2.75, 3.05) is 6.61 Å². The second-order valence-electron chi connectivity index (χ2n) is 8.03. The Morgan fingerprint density at radius 3 is 1.41 bits per heavy atom. The third kappa shape index (κ3) is 6.68. The topological polar surface area (TPSA) is 26.3 Å². The fourth-order valence-corrected chi connectivity index (χ4v) is 2.73. The van der Waals surface area contributed by atoms with Gasteiger partial charge in [-0.05, 0) is 6.42 Å². The molecule has 0 aliphatic rings. The number of carbonyl (C=O) groups is 1. The Morgan fingerprint density at radius 1 is 0.595 bits per heavy atom. The van der Waals surface area contributed by atoms with Gasteiger partial charge in [0.1, 0.15) is 0 Å². The van der Waals surface area contributed by atoms with E-state index in [0.717, 1.165) is 19.3 Å². The third-order valence-electron chi connectivity index (χ3n) is 5.13. The molecule has 0 aliphatic heterocycles. The minimum absolute atomic E-state index is 0.0686. The van der Waals surface area contributed by atoms with E-state index < -0.39 is 66.9 Å². The van der Waals surface area contributed by atoms with Crippen LogP contribution in [0, 0.1) is 0 Å². The van der Waals surface area contributed by atoms with Gasteiger partial charge in [-0.25, -0.2) is 8.78 Å². The van der Waals surface area contributed by atoms with Crippen LogP contribution in [0.2, 0.25) is 0 Å². The smallest absolute Gasteiger partial charge is 0.385 e. The molecule has 0 aliphatic carbocycles. The Morgan fingerprint density at radius 2 is 0.973 bits per heavy atom. The summed E-state index contributed by atoms with van der Waals surface area (Å²) >= 11 is 0. The molecule has 37 heavy (non-hydrogen) atoms. The van der Waals surface area contributed by atoms with Crippen molar-refractivity contribution in [2.45, 2.75) is 106 Å². The summed E-state index contributed by atoms with van der Waals surface area (Å²) in [5.74, 6) is -56.9. The fourth-order valence-electron chi connectivity index (χ4n) is 2.73. The maximum atomic E-state index is 13.7. The Bertz CT molecular complexity index is 736. The van der Waals surface area contributed by atoms with E-state index in [1.54, 1.807) is 0 Å². The van der Waals surface area contributed by atoms with Gasteiger partial charge < -0.3 is 4.74 Å². The molecule has 0 fully saturated rings. The molecule has 0 aromatic rings. The van der Waals surface area contributed by atoms with E-state index >= 15 is 0 Å². The third-order valence-corrected chi connectivity index (χ3v) is 5.13. The zero-order chi connectivity index (χ0) is 29.7. The summed E-state index contributed by atoms with van der Waals surface area (Å²) in [4.78, 5) is 11.4. The Kier molecular flexibility index (Phi) is 11.5. The first-order valence-corrected chi connectivity index (χ1v) is 10.5. The molecule has 0 bridgehead atoms. The summed E-state index contributed by atoms with van der Waals surface area (Å²) in [5, 5.41) is 0. The minimum Gasteiger partial charge on any atom is -0.459 e. The zero-order valence-corrected chi connectivity index (χ0v) is 18.8. The zero-order valence-electron chi connectivity index (χ0n) is 18.8. The van der Waals surface area contributed by atoms with Gasteiger partial charge in [0.2, 0.25) is 0 Å². The van der Waals surface area contributed by atoms with Gasteiger partial charge in [-0.1, -0.05) is 45.4 Å². The number of halogens is 16. The normalized spacial score (nSPS) is 14.9. The first-order chi connectivity index (χ1) is 16.4. The quantitative estimate of drug-likeness (QED) is 0.0973.